The lowest BCUT2D eigenvalue weighted by molar-refractivity contribution is -0.119. The molecule has 3 aromatic rings. The molecular weight excluding hydrogens is 354 g/mol. The zero-order valence-corrected chi connectivity index (χ0v) is 16.8. The molecule has 1 atom stereocenters. The molecule has 0 unspecified atom stereocenters. The van der Waals surface area contributed by atoms with Crippen LogP contribution in [0.3, 0.4) is 0 Å². The molecule has 0 aliphatic rings. The maximum absolute atomic E-state index is 12.6. The van der Waals surface area contributed by atoms with Gasteiger partial charge in [-0.2, -0.15) is 0 Å². The van der Waals surface area contributed by atoms with E-state index in [1.807, 2.05) is 49.4 Å². The molecule has 0 fully saturated rings. The van der Waals surface area contributed by atoms with Crippen LogP contribution in [0.4, 0.5) is 0 Å². The van der Waals surface area contributed by atoms with Crippen LogP contribution in [0, 0.1) is 12.8 Å². The summed E-state index contributed by atoms with van der Waals surface area (Å²) in [6.45, 7) is 6.23. The van der Waals surface area contributed by atoms with Crippen LogP contribution in [0.25, 0.3) is 10.9 Å². The lowest BCUT2D eigenvalue weighted by Crippen LogP contribution is -2.30. The third kappa shape index (κ3) is 5.30. The number of nitrogens with zero attached hydrogens (tertiary/aromatic N) is 2. The summed E-state index contributed by atoms with van der Waals surface area (Å²) in [7, 11) is 0. The second kappa shape index (κ2) is 9.00. The second-order valence-corrected chi connectivity index (χ2v) is 8.01. The highest BCUT2D eigenvalue weighted by Gasteiger charge is 2.17. The van der Waals surface area contributed by atoms with E-state index in [0.717, 1.165) is 33.7 Å². The molecule has 0 aliphatic carbocycles. The molecule has 27 heavy (non-hydrogen) atoms. The van der Waals surface area contributed by atoms with E-state index >= 15 is 0 Å². The molecule has 3 rings (SSSR count). The minimum absolute atomic E-state index is 0.0230. The van der Waals surface area contributed by atoms with Crippen molar-refractivity contribution in [1.29, 1.82) is 0 Å². The van der Waals surface area contributed by atoms with E-state index in [2.05, 4.69) is 41.3 Å². The smallest absolute Gasteiger partial charge is 0.230 e. The number of thioether (sulfide) groups is 1. The van der Waals surface area contributed by atoms with E-state index in [0.29, 0.717) is 11.7 Å². The van der Waals surface area contributed by atoms with Gasteiger partial charge in [0.15, 0.2) is 0 Å². The number of hydrogen-bond donors (Lipinski definition) is 1. The topological polar surface area (TPSA) is 54.9 Å². The number of rotatable bonds is 7. The first-order chi connectivity index (χ1) is 13.0. The van der Waals surface area contributed by atoms with Gasteiger partial charge >= 0.3 is 0 Å². The fourth-order valence-corrected chi connectivity index (χ4v) is 3.95. The molecule has 1 heterocycles. The molecule has 1 amide bonds. The monoisotopic (exact) mass is 379 g/mol. The first kappa shape index (κ1) is 19.4. The van der Waals surface area contributed by atoms with Gasteiger partial charge in [-0.25, -0.2) is 9.97 Å². The zero-order valence-electron chi connectivity index (χ0n) is 16.0. The van der Waals surface area contributed by atoms with Gasteiger partial charge in [0.25, 0.3) is 0 Å². The van der Waals surface area contributed by atoms with Gasteiger partial charge in [0.1, 0.15) is 10.9 Å². The van der Waals surface area contributed by atoms with Crippen molar-refractivity contribution in [2.45, 2.75) is 38.3 Å². The summed E-state index contributed by atoms with van der Waals surface area (Å²) >= 11 is 1.47. The maximum Gasteiger partial charge on any atom is 0.230 e. The quantitative estimate of drug-likeness (QED) is 0.467. The molecule has 0 spiro atoms. The Kier molecular flexibility index (Phi) is 6.45. The van der Waals surface area contributed by atoms with E-state index in [1.165, 1.54) is 11.8 Å². The number of benzene rings is 2. The number of carbonyl (C=O) groups excluding carboxylic acids is 1. The maximum atomic E-state index is 12.6. The molecule has 0 bridgehead atoms. The largest absolute Gasteiger partial charge is 0.349 e. The van der Waals surface area contributed by atoms with Crippen molar-refractivity contribution in [2.75, 3.05) is 5.75 Å². The number of aryl methyl sites for hydroxylation is 1. The Hall–Kier alpha value is -2.40. The van der Waals surface area contributed by atoms with Crippen molar-refractivity contribution in [3.63, 3.8) is 0 Å². The first-order valence-corrected chi connectivity index (χ1v) is 10.2. The van der Waals surface area contributed by atoms with Gasteiger partial charge in [0.2, 0.25) is 5.91 Å². The molecule has 0 saturated heterocycles. The van der Waals surface area contributed by atoms with Gasteiger partial charge in [-0.15, -0.1) is 0 Å². The van der Waals surface area contributed by atoms with Crippen LogP contribution >= 0.6 is 11.8 Å². The number of para-hydroxylation sites is 1. The van der Waals surface area contributed by atoms with Crippen LogP contribution in [0.15, 0.2) is 59.6 Å². The molecule has 1 N–H and O–H groups in total. The highest BCUT2D eigenvalue weighted by Crippen LogP contribution is 2.26. The number of hydrogen-bond acceptors (Lipinski definition) is 4. The Bertz CT molecular complexity index is 912. The zero-order chi connectivity index (χ0) is 19.2. The molecule has 5 heteroatoms. The Morgan fingerprint density at radius 3 is 2.48 bits per heavy atom. The molecule has 0 aliphatic heterocycles. The number of amides is 1. The number of aromatic nitrogens is 2. The number of nitrogens with one attached hydrogen (secondary N) is 1. The Morgan fingerprint density at radius 2 is 1.74 bits per heavy atom. The van der Waals surface area contributed by atoms with Crippen molar-refractivity contribution in [3.8, 4) is 0 Å². The van der Waals surface area contributed by atoms with Gasteiger partial charge in [0.05, 0.1) is 17.3 Å². The van der Waals surface area contributed by atoms with Crippen molar-refractivity contribution in [1.82, 2.24) is 15.3 Å². The van der Waals surface area contributed by atoms with Gasteiger partial charge in [-0.3, -0.25) is 4.79 Å². The highest BCUT2D eigenvalue weighted by molar-refractivity contribution is 8.00. The van der Waals surface area contributed by atoms with Crippen LogP contribution in [-0.2, 0) is 4.79 Å². The first-order valence-electron chi connectivity index (χ1n) is 9.23. The molecule has 140 valence electrons. The summed E-state index contributed by atoms with van der Waals surface area (Å²) in [5.41, 5.74) is 2.06. The van der Waals surface area contributed by atoms with Crippen molar-refractivity contribution in [3.05, 3.63) is 66.0 Å². The standard InChI is InChI=1S/C22H25N3OS/c1-15(2)13-20(17-9-5-4-6-10-17)25-21(26)14-27-22-18-11-7-8-12-19(18)23-16(3)24-22/h4-12,15,20H,13-14H2,1-3H3,(H,25,26)/t20-/m0/s1. The molecule has 0 radical (unpaired) electrons. The summed E-state index contributed by atoms with van der Waals surface area (Å²) < 4.78 is 0. The summed E-state index contributed by atoms with van der Waals surface area (Å²) in [6, 6.07) is 18.1. The van der Waals surface area contributed by atoms with E-state index < -0.39 is 0 Å². The van der Waals surface area contributed by atoms with Crippen LogP contribution in [0.2, 0.25) is 0 Å². The second-order valence-electron chi connectivity index (χ2n) is 7.04. The number of fused-ring (bicyclic) bond motifs is 1. The number of carbonyl (C=O) groups is 1. The summed E-state index contributed by atoms with van der Waals surface area (Å²) in [5, 5.41) is 5.04. The summed E-state index contributed by atoms with van der Waals surface area (Å²) in [4.78, 5) is 21.6. The van der Waals surface area contributed by atoms with Crippen LogP contribution in [-0.4, -0.2) is 21.6 Å². The lowest BCUT2D eigenvalue weighted by atomic mass is 9.97. The Morgan fingerprint density at radius 1 is 1.04 bits per heavy atom. The summed E-state index contributed by atoms with van der Waals surface area (Å²) in [5.74, 6) is 1.58. The van der Waals surface area contributed by atoms with E-state index in [1.54, 1.807) is 0 Å². The lowest BCUT2D eigenvalue weighted by Gasteiger charge is -2.21. The molecule has 2 aromatic carbocycles. The minimum Gasteiger partial charge on any atom is -0.349 e. The van der Waals surface area contributed by atoms with Gasteiger partial charge in [-0.1, -0.05) is 74.1 Å². The fraction of sp³-hybridized carbons (Fsp3) is 0.318. The SMILES string of the molecule is Cc1nc(SCC(=O)N[C@@H](CC(C)C)c2ccccc2)c2ccccc2n1. The predicted molar refractivity (Wildman–Crippen MR) is 112 cm³/mol. The Labute approximate surface area is 164 Å². The van der Waals surface area contributed by atoms with Gasteiger partial charge in [0, 0.05) is 5.39 Å². The van der Waals surface area contributed by atoms with E-state index in [-0.39, 0.29) is 11.9 Å². The minimum atomic E-state index is 0.0230. The fourth-order valence-electron chi connectivity index (χ4n) is 3.07. The van der Waals surface area contributed by atoms with E-state index in [4.69, 9.17) is 0 Å². The van der Waals surface area contributed by atoms with Gasteiger partial charge in [-0.05, 0) is 30.9 Å². The predicted octanol–water partition coefficient (Wildman–Crippen LogP) is 4.93. The highest BCUT2D eigenvalue weighted by atomic mass is 32.2. The molecular formula is C22H25N3OS. The third-order valence-electron chi connectivity index (χ3n) is 4.26. The van der Waals surface area contributed by atoms with Gasteiger partial charge < -0.3 is 5.32 Å². The van der Waals surface area contributed by atoms with Crippen LogP contribution in [0.1, 0.15) is 37.7 Å². The average Bonchev–Trinajstić information content (AvgIpc) is 2.66. The molecule has 4 nitrogen and oxygen atoms in total. The molecule has 1 aromatic heterocycles. The molecule has 0 saturated carbocycles. The van der Waals surface area contributed by atoms with Crippen LogP contribution < -0.4 is 5.32 Å². The van der Waals surface area contributed by atoms with Crippen molar-refractivity contribution in [2.24, 2.45) is 5.92 Å². The summed E-state index contributed by atoms with van der Waals surface area (Å²) in [6.07, 6.45) is 0.913. The normalized spacial score (nSPS) is 12.3. The van der Waals surface area contributed by atoms with E-state index in [9.17, 15) is 4.79 Å². The average molecular weight is 380 g/mol. The third-order valence-corrected chi connectivity index (χ3v) is 5.26. The Balaban J connectivity index is 1.70. The van der Waals surface area contributed by atoms with Crippen molar-refractivity contribution < 1.29 is 4.79 Å². The van der Waals surface area contributed by atoms with Crippen LogP contribution in [0.5, 0.6) is 0 Å². The van der Waals surface area contributed by atoms with Crippen molar-refractivity contribution >= 4 is 28.6 Å².